The molecular formula is C16H18ClNO2S. The second-order valence-corrected chi connectivity index (χ2v) is 6.82. The van der Waals surface area contributed by atoms with Crippen molar-refractivity contribution in [2.45, 2.75) is 31.3 Å². The Morgan fingerprint density at radius 1 is 1.43 bits per heavy atom. The Hall–Kier alpha value is -1.26. The summed E-state index contributed by atoms with van der Waals surface area (Å²) in [6, 6.07) is 8.22. The quantitative estimate of drug-likeness (QED) is 0.604. The fourth-order valence-electron chi connectivity index (χ4n) is 2.01. The predicted octanol–water partition coefficient (Wildman–Crippen LogP) is 4.38. The molecule has 0 aliphatic rings. The van der Waals surface area contributed by atoms with Gasteiger partial charge in [0.2, 0.25) is 0 Å². The molecule has 1 aromatic carbocycles. The number of aromatic nitrogens is 1. The summed E-state index contributed by atoms with van der Waals surface area (Å²) >= 11 is 7.93. The first-order chi connectivity index (χ1) is 9.99. The predicted molar refractivity (Wildman–Crippen MR) is 88.9 cm³/mol. The number of fused-ring (bicyclic) bond motifs is 1. The Labute approximate surface area is 134 Å². The first-order valence-corrected chi connectivity index (χ1v) is 8.16. The van der Waals surface area contributed by atoms with Gasteiger partial charge in [0.25, 0.3) is 0 Å². The van der Waals surface area contributed by atoms with E-state index in [1.54, 1.807) is 11.8 Å². The van der Waals surface area contributed by atoms with Crippen molar-refractivity contribution in [1.82, 2.24) is 4.98 Å². The van der Waals surface area contributed by atoms with Crippen molar-refractivity contribution < 1.29 is 9.53 Å². The average Bonchev–Trinajstić information content (AvgIpc) is 2.44. The molecule has 0 aliphatic carbocycles. The van der Waals surface area contributed by atoms with Gasteiger partial charge >= 0.3 is 5.97 Å². The van der Waals surface area contributed by atoms with Crippen molar-refractivity contribution in [2.75, 3.05) is 7.11 Å². The molecule has 0 fully saturated rings. The Bertz CT molecular complexity index is 660. The van der Waals surface area contributed by atoms with Gasteiger partial charge in [0.15, 0.2) is 0 Å². The van der Waals surface area contributed by atoms with Gasteiger partial charge in [0.1, 0.15) is 5.15 Å². The van der Waals surface area contributed by atoms with Crippen molar-refractivity contribution in [3.63, 3.8) is 0 Å². The molecule has 1 unspecified atom stereocenters. The fourth-order valence-corrected chi connectivity index (χ4v) is 3.24. The van der Waals surface area contributed by atoms with E-state index in [0.29, 0.717) is 11.6 Å². The smallest absolute Gasteiger partial charge is 0.306 e. The number of pyridine rings is 1. The molecule has 1 aromatic heterocycles. The van der Waals surface area contributed by atoms with E-state index in [1.165, 1.54) is 12.7 Å². The number of ether oxygens (including phenoxy) is 1. The number of nitrogens with zero attached hydrogens (tertiary/aromatic N) is 1. The van der Waals surface area contributed by atoms with E-state index in [9.17, 15) is 4.79 Å². The van der Waals surface area contributed by atoms with Crippen LogP contribution in [0, 0.1) is 6.92 Å². The lowest BCUT2D eigenvalue weighted by atomic mass is 10.1. The Morgan fingerprint density at radius 3 is 2.90 bits per heavy atom. The van der Waals surface area contributed by atoms with Gasteiger partial charge in [-0.3, -0.25) is 4.79 Å². The standard InChI is InChI=1S/C16H18ClNO2S/c1-10-4-5-12-8-13(16(17)18-14(12)6-10)9-21-11(2)7-15(19)20-3/h4-6,8,11H,7,9H2,1-3H3. The lowest BCUT2D eigenvalue weighted by Crippen LogP contribution is -2.08. The fraction of sp³-hybridized carbons (Fsp3) is 0.375. The highest BCUT2D eigenvalue weighted by Crippen LogP contribution is 2.27. The normalized spacial score (nSPS) is 12.4. The van der Waals surface area contributed by atoms with Crippen LogP contribution < -0.4 is 0 Å². The van der Waals surface area contributed by atoms with Gasteiger partial charge < -0.3 is 4.74 Å². The number of carbonyl (C=O) groups excluding carboxylic acids is 1. The van der Waals surface area contributed by atoms with Crippen LogP contribution in [0.1, 0.15) is 24.5 Å². The van der Waals surface area contributed by atoms with Gasteiger partial charge in [-0.05, 0) is 24.6 Å². The minimum atomic E-state index is -0.187. The zero-order valence-electron chi connectivity index (χ0n) is 12.4. The monoisotopic (exact) mass is 323 g/mol. The zero-order chi connectivity index (χ0) is 15.4. The Kier molecular flexibility index (Phi) is 5.48. The van der Waals surface area contributed by atoms with Gasteiger partial charge in [-0.1, -0.05) is 30.7 Å². The molecule has 2 rings (SSSR count). The minimum Gasteiger partial charge on any atom is -0.469 e. The second-order valence-electron chi connectivity index (χ2n) is 5.04. The highest BCUT2D eigenvalue weighted by Gasteiger charge is 2.12. The molecular weight excluding hydrogens is 306 g/mol. The van der Waals surface area contributed by atoms with Gasteiger partial charge in [0, 0.05) is 22.0 Å². The number of benzene rings is 1. The van der Waals surface area contributed by atoms with Gasteiger partial charge in [-0.15, -0.1) is 0 Å². The third kappa shape index (κ3) is 4.35. The molecule has 0 amide bonds. The van der Waals surface area contributed by atoms with Crippen LogP contribution >= 0.6 is 23.4 Å². The summed E-state index contributed by atoms with van der Waals surface area (Å²) in [5, 5.41) is 1.80. The Morgan fingerprint density at radius 2 is 2.19 bits per heavy atom. The number of rotatable bonds is 5. The van der Waals surface area contributed by atoms with E-state index >= 15 is 0 Å². The van der Waals surface area contributed by atoms with Gasteiger partial charge in [0.05, 0.1) is 19.0 Å². The number of hydrogen-bond acceptors (Lipinski definition) is 4. The summed E-state index contributed by atoms with van der Waals surface area (Å²) in [5.74, 6) is 0.543. The number of esters is 1. The van der Waals surface area contributed by atoms with Crippen LogP contribution in [0.2, 0.25) is 5.15 Å². The van der Waals surface area contributed by atoms with Crippen molar-refractivity contribution in [3.8, 4) is 0 Å². The van der Waals surface area contributed by atoms with Crippen LogP contribution in [0.5, 0.6) is 0 Å². The second kappa shape index (κ2) is 7.14. The summed E-state index contributed by atoms with van der Waals surface area (Å²) in [6.45, 7) is 4.04. The molecule has 112 valence electrons. The molecule has 0 saturated heterocycles. The molecule has 21 heavy (non-hydrogen) atoms. The number of hydrogen-bond donors (Lipinski definition) is 0. The third-order valence-electron chi connectivity index (χ3n) is 3.20. The van der Waals surface area contributed by atoms with E-state index < -0.39 is 0 Å². The summed E-state index contributed by atoms with van der Waals surface area (Å²) in [7, 11) is 1.41. The van der Waals surface area contributed by atoms with E-state index in [-0.39, 0.29) is 11.2 Å². The van der Waals surface area contributed by atoms with Crippen LogP contribution in [-0.4, -0.2) is 23.3 Å². The van der Waals surface area contributed by atoms with Crippen LogP contribution in [0.15, 0.2) is 24.3 Å². The van der Waals surface area contributed by atoms with Crippen LogP contribution in [0.3, 0.4) is 0 Å². The van der Waals surface area contributed by atoms with Crippen molar-refractivity contribution in [1.29, 1.82) is 0 Å². The lowest BCUT2D eigenvalue weighted by Gasteiger charge is -2.11. The molecule has 1 atom stereocenters. The maximum absolute atomic E-state index is 11.2. The van der Waals surface area contributed by atoms with Crippen molar-refractivity contribution >= 4 is 40.2 Å². The summed E-state index contributed by atoms with van der Waals surface area (Å²) in [4.78, 5) is 15.7. The van der Waals surface area contributed by atoms with Crippen molar-refractivity contribution in [3.05, 3.63) is 40.5 Å². The number of methoxy groups -OCH3 is 1. The first-order valence-electron chi connectivity index (χ1n) is 6.74. The molecule has 2 aromatic rings. The number of carbonyl (C=O) groups is 1. The van der Waals surface area contributed by atoms with E-state index in [0.717, 1.165) is 22.2 Å². The van der Waals surface area contributed by atoms with E-state index in [1.807, 2.05) is 19.9 Å². The topological polar surface area (TPSA) is 39.2 Å². The zero-order valence-corrected chi connectivity index (χ0v) is 13.9. The maximum atomic E-state index is 11.2. The summed E-state index contributed by atoms with van der Waals surface area (Å²) < 4.78 is 4.67. The Balaban J connectivity index is 2.10. The molecule has 0 radical (unpaired) electrons. The number of aryl methyl sites for hydroxylation is 1. The first kappa shape index (κ1) is 16.1. The molecule has 0 aliphatic heterocycles. The molecule has 3 nitrogen and oxygen atoms in total. The summed E-state index contributed by atoms with van der Waals surface area (Å²) in [6.07, 6.45) is 0.402. The molecule has 5 heteroatoms. The van der Waals surface area contributed by atoms with Crippen LogP contribution in [0.4, 0.5) is 0 Å². The van der Waals surface area contributed by atoms with Gasteiger partial charge in [-0.2, -0.15) is 11.8 Å². The molecule has 0 N–H and O–H groups in total. The average molecular weight is 324 g/mol. The highest BCUT2D eigenvalue weighted by atomic mass is 35.5. The highest BCUT2D eigenvalue weighted by molar-refractivity contribution is 7.99. The molecule has 1 heterocycles. The molecule has 0 saturated carbocycles. The summed E-state index contributed by atoms with van der Waals surface area (Å²) in [5.41, 5.74) is 3.07. The lowest BCUT2D eigenvalue weighted by molar-refractivity contribution is -0.140. The third-order valence-corrected chi connectivity index (χ3v) is 4.75. The SMILES string of the molecule is COC(=O)CC(C)SCc1cc2ccc(C)cc2nc1Cl. The number of thioether (sulfide) groups is 1. The maximum Gasteiger partial charge on any atom is 0.306 e. The van der Waals surface area contributed by atoms with E-state index in [4.69, 9.17) is 11.6 Å². The van der Waals surface area contributed by atoms with Gasteiger partial charge in [-0.25, -0.2) is 4.98 Å². The van der Waals surface area contributed by atoms with Crippen molar-refractivity contribution in [2.24, 2.45) is 0 Å². The molecule has 0 bridgehead atoms. The number of halogens is 1. The largest absolute Gasteiger partial charge is 0.469 e. The molecule has 0 spiro atoms. The van der Waals surface area contributed by atoms with Crippen LogP contribution in [0.25, 0.3) is 10.9 Å². The van der Waals surface area contributed by atoms with Crippen LogP contribution in [-0.2, 0) is 15.3 Å². The van der Waals surface area contributed by atoms with E-state index in [2.05, 4.69) is 27.9 Å². The minimum absolute atomic E-state index is 0.183.